The summed E-state index contributed by atoms with van der Waals surface area (Å²) < 4.78 is 12.2. The van der Waals surface area contributed by atoms with Gasteiger partial charge in [-0.2, -0.15) is 5.10 Å². The molecule has 1 amide bonds. The lowest BCUT2D eigenvalue weighted by atomic mass is 10.1. The Bertz CT molecular complexity index is 932. The van der Waals surface area contributed by atoms with Crippen LogP contribution >= 0.6 is 0 Å². The molecule has 1 aromatic heterocycles. The molecule has 0 bridgehead atoms. The molecule has 8 nitrogen and oxygen atoms in total. The number of nitrogens with one attached hydrogen (secondary N) is 1. The molecule has 154 valence electrons. The van der Waals surface area contributed by atoms with E-state index in [0.717, 1.165) is 49.7 Å². The highest BCUT2D eigenvalue weighted by atomic mass is 16.5. The Hall–Kier alpha value is -2.97. The van der Waals surface area contributed by atoms with Gasteiger partial charge in [0.2, 0.25) is 0 Å². The van der Waals surface area contributed by atoms with Gasteiger partial charge >= 0.3 is 0 Å². The molecule has 0 radical (unpaired) electrons. The zero-order chi connectivity index (χ0) is 20.6. The van der Waals surface area contributed by atoms with Crippen molar-refractivity contribution in [3.05, 3.63) is 64.1 Å². The van der Waals surface area contributed by atoms with Gasteiger partial charge in [-0.05, 0) is 36.8 Å². The average molecular weight is 398 g/mol. The number of hydrogen-bond acceptors (Lipinski definition) is 6. The number of morpholine rings is 1. The van der Waals surface area contributed by atoms with Crippen molar-refractivity contribution in [1.82, 2.24) is 14.9 Å². The normalized spacial score (nSPS) is 15.2. The molecule has 8 heteroatoms. The van der Waals surface area contributed by atoms with Crippen molar-refractivity contribution in [3.8, 4) is 5.75 Å². The van der Waals surface area contributed by atoms with Crippen LogP contribution < -0.4 is 15.7 Å². The van der Waals surface area contributed by atoms with E-state index in [1.807, 2.05) is 25.1 Å². The predicted molar refractivity (Wildman–Crippen MR) is 110 cm³/mol. The highest BCUT2D eigenvalue weighted by Crippen LogP contribution is 2.22. The van der Waals surface area contributed by atoms with Crippen LogP contribution in [0.25, 0.3) is 0 Å². The van der Waals surface area contributed by atoms with Gasteiger partial charge < -0.3 is 14.0 Å². The summed E-state index contributed by atoms with van der Waals surface area (Å²) in [5.74, 6) is 0.459. The third kappa shape index (κ3) is 5.75. The Labute approximate surface area is 169 Å². The fourth-order valence-corrected chi connectivity index (χ4v) is 3.12. The fourth-order valence-electron chi connectivity index (χ4n) is 3.12. The second kappa shape index (κ2) is 9.99. The number of pyridine rings is 1. The van der Waals surface area contributed by atoms with E-state index in [1.54, 1.807) is 25.4 Å². The molecule has 29 heavy (non-hydrogen) atoms. The molecule has 1 fully saturated rings. The maximum absolute atomic E-state index is 12.1. The van der Waals surface area contributed by atoms with Crippen LogP contribution in [0, 0.1) is 0 Å². The van der Waals surface area contributed by atoms with Crippen molar-refractivity contribution in [3.63, 3.8) is 0 Å². The average Bonchev–Trinajstić information content (AvgIpc) is 2.74. The molecular formula is C21H26N4O4. The number of benzene rings is 1. The minimum Gasteiger partial charge on any atom is -0.496 e. The molecule has 1 N–H and O–H groups in total. The van der Waals surface area contributed by atoms with Gasteiger partial charge in [0, 0.05) is 37.5 Å². The van der Waals surface area contributed by atoms with E-state index in [4.69, 9.17) is 9.47 Å². The van der Waals surface area contributed by atoms with Gasteiger partial charge in [0.1, 0.15) is 12.3 Å². The lowest BCUT2D eigenvalue weighted by molar-refractivity contribution is -0.121. The zero-order valence-corrected chi connectivity index (χ0v) is 16.8. The molecule has 0 atom stereocenters. The van der Waals surface area contributed by atoms with Gasteiger partial charge in [0.15, 0.2) is 0 Å². The van der Waals surface area contributed by atoms with E-state index in [2.05, 4.69) is 15.4 Å². The number of carbonyl (C=O) groups is 1. The zero-order valence-electron chi connectivity index (χ0n) is 16.8. The van der Waals surface area contributed by atoms with Crippen molar-refractivity contribution in [2.45, 2.75) is 20.0 Å². The van der Waals surface area contributed by atoms with E-state index in [-0.39, 0.29) is 18.0 Å². The summed E-state index contributed by atoms with van der Waals surface area (Å²) in [6.45, 7) is 5.75. The van der Waals surface area contributed by atoms with Crippen molar-refractivity contribution in [2.75, 3.05) is 33.4 Å². The van der Waals surface area contributed by atoms with Gasteiger partial charge in [-0.1, -0.05) is 6.07 Å². The second-order valence-electron chi connectivity index (χ2n) is 6.81. The van der Waals surface area contributed by atoms with E-state index in [9.17, 15) is 9.59 Å². The van der Waals surface area contributed by atoms with Crippen molar-refractivity contribution in [1.29, 1.82) is 0 Å². The number of hydrogen-bond donors (Lipinski definition) is 1. The Morgan fingerprint density at radius 1 is 1.24 bits per heavy atom. The molecule has 0 aliphatic carbocycles. The first-order valence-electron chi connectivity index (χ1n) is 9.53. The van der Waals surface area contributed by atoms with Crippen molar-refractivity contribution in [2.24, 2.45) is 5.10 Å². The molecule has 1 aliphatic rings. The largest absolute Gasteiger partial charge is 0.496 e. The van der Waals surface area contributed by atoms with Crippen molar-refractivity contribution >= 4 is 11.6 Å². The van der Waals surface area contributed by atoms with E-state index in [0.29, 0.717) is 5.71 Å². The number of nitrogens with zero attached hydrogens (tertiary/aromatic N) is 3. The van der Waals surface area contributed by atoms with Crippen LogP contribution in [0.1, 0.15) is 18.1 Å². The minimum atomic E-state index is -0.361. The van der Waals surface area contributed by atoms with Crippen molar-refractivity contribution < 1.29 is 14.3 Å². The maximum Gasteiger partial charge on any atom is 0.260 e. The molecule has 1 aliphatic heterocycles. The summed E-state index contributed by atoms with van der Waals surface area (Å²) in [5, 5.41) is 4.19. The molecule has 2 heterocycles. The van der Waals surface area contributed by atoms with Gasteiger partial charge in [0.05, 0.1) is 26.0 Å². The van der Waals surface area contributed by atoms with Crippen LogP contribution in [0.15, 0.2) is 52.5 Å². The molecule has 1 aromatic carbocycles. The number of hydrazone groups is 1. The van der Waals surface area contributed by atoms with E-state index >= 15 is 0 Å². The molecule has 2 aromatic rings. The Morgan fingerprint density at radius 3 is 2.76 bits per heavy atom. The fraction of sp³-hybridized carbons (Fsp3) is 0.381. The molecule has 3 rings (SSSR count). The van der Waals surface area contributed by atoms with Crippen LogP contribution in [0.5, 0.6) is 5.75 Å². The summed E-state index contributed by atoms with van der Waals surface area (Å²) in [5.41, 5.74) is 4.91. The van der Waals surface area contributed by atoms with Crippen LogP contribution in [0.2, 0.25) is 0 Å². The van der Waals surface area contributed by atoms with Crippen LogP contribution in [-0.2, 0) is 22.6 Å². The number of ether oxygens (including phenoxy) is 2. The maximum atomic E-state index is 12.1. The van der Waals surface area contributed by atoms with Gasteiger partial charge in [-0.25, -0.2) is 5.43 Å². The molecule has 1 saturated heterocycles. The molecule has 0 unspecified atom stereocenters. The number of rotatable bonds is 7. The second-order valence-corrected chi connectivity index (χ2v) is 6.81. The standard InChI is InChI=1S/C21H26N4O4/c1-16(22-23-20(26)15-25-8-4-3-5-21(25)27)17-6-7-19(28-2)18(13-17)14-24-9-11-29-12-10-24/h3-8,13H,9-12,14-15H2,1-2H3,(H,23,26)/b22-16-. The third-order valence-corrected chi connectivity index (χ3v) is 4.76. The summed E-state index contributed by atoms with van der Waals surface area (Å²) >= 11 is 0. The Kier molecular flexibility index (Phi) is 7.15. The lowest BCUT2D eigenvalue weighted by Crippen LogP contribution is -2.35. The summed E-state index contributed by atoms with van der Waals surface area (Å²) in [4.78, 5) is 26.1. The highest BCUT2D eigenvalue weighted by Gasteiger charge is 2.14. The number of amides is 1. The Morgan fingerprint density at radius 2 is 2.03 bits per heavy atom. The number of aromatic nitrogens is 1. The van der Waals surface area contributed by atoms with E-state index in [1.165, 1.54) is 10.6 Å². The predicted octanol–water partition coefficient (Wildman–Crippen LogP) is 1.23. The number of methoxy groups -OCH3 is 1. The first-order valence-corrected chi connectivity index (χ1v) is 9.53. The monoisotopic (exact) mass is 398 g/mol. The van der Waals surface area contributed by atoms with Crippen LogP contribution in [0.3, 0.4) is 0 Å². The van der Waals surface area contributed by atoms with Gasteiger partial charge in [-0.15, -0.1) is 0 Å². The molecule has 0 saturated carbocycles. The van der Waals surface area contributed by atoms with Gasteiger partial charge in [0.25, 0.3) is 11.5 Å². The van der Waals surface area contributed by atoms with Gasteiger partial charge in [-0.3, -0.25) is 14.5 Å². The quantitative estimate of drug-likeness (QED) is 0.560. The first-order chi connectivity index (χ1) is 14.1. The molecular weight excluding hydrogens is 372 g/mol. The minimum absolute atomic E-state index is 0.0820. The van der Waals surface area contributed by atoms with Crippen LogP contribution in [0.4, 0.5) is 0 Å². The number of carbonyl (C=O) groups excluding carboxylic acids is 1. The van der Waals surface area contributed by atoms with Crippen LogP contribution in [-0.4, -0.2) is 54.5 Å². The first kappa shape index (κ1) is 20.8. The summed E-state index contributed by atoms with van der Waals surface area (Å²) in [6.07, 6.45) is 1.57. The highest BCUT2D eigenvalue weighted by molar-refractivity contribution is 5.99. The SMILES string of the molecule is COc1ccc(/C(C)=N\NC(=O)Cn2ccccc2=O)cc1CN1CCOCC1. The topological polar surface area (TPSA) is 85.2 Å². The Balaban J connectivity index is 1.68. The summed E-state index contributed by atoms with van der Waals surface area (Å²) in [6, 6.07) is 10.6. The van der Waals surface area contributed by atoms with E-state index < -0.39 is 0 Å². The smallest absolute Gasteiger partial charge is 0.260 e. The third-order valence-electron chi connectivity index (χ3n) is 4.76. The lowest BCUT2D eigenvalue weighted by Gasteiger charge is -2.27. The molecule has 0 spiro atoms. The summed E-state index contributed by atoms with van der Waals surface area (Å²) in [7, 11) is 1.66.